The fraction of sp³-hybridized carbons (Fsp3) is 0.263. The number of methoxy groups -OCH3 is 1. The minimum atomic E-state index is -1.03. The standard InChI is InChI=1S/C19H21NO5S/c1-13-11-15(25-12-19(22)23)5-8-17(13)20-18(21)9-10-26-16-6-3-14(24-2)4-7-16/h3-8,11H,9-10,12H2,1-2H3,(H,20,21)(H,22,23). The SMILES string of the molecule is COc1ccc(SCCC(=O)Nc2ccc(OCC(=O)O)cc2C)cc1. The molecule has 0 fully saturated rings. The highest BCUT2D eigenvalue weighted by Crippen LogP contribution is 2.23. The van der Waals surface area contributed by atoms with Crippen molar-refractivity contribution in [1.29, 1.82) is 0 Å². The zero-order valence-electron chi connectivity index (χ0n) is 14.7. The van der Waals surface area contributed by atoms with E-state index in [-0.39, 0.29) is 5.91 Å². The Labute approximate surface area is 156 Å². The van der Waals surface area contributed by atoms with Gasteiger partial charge >= 0.3 is 5.97 Å². The Kier molecular flexibility index (Phi) is 7.35. The van der Waals surface area contributed by atoms with Crippen LogP contribution in [0.25, 0.3) is 0 Å². The van der Waals surface area contributed by atoms with Crippen LogP contribution in [-0.4, -0.2) is 36.5 Å². The van der Waals surface area contributed by atoms with Gasteiger partial charge < -0.3 is 19.9 Å². The summed E-state index contributed by atoms with van der Waals surface area (Å²) in [6, 6.07) is 12.7. The first-order chi connectivity index (χ1) is 12.5. The normalized spacial score (nSPS) is 10.2. The molecular weight excluding hydrogens is 354 g/mol. The highest BCUT2D eigenvalue weighted by atomic mass is 32.2. The lowest BCUT2D eigenvalue weighted by molar-refractivity contribution is -0.139. The molecule has 0 aromatic heterocycles. The van der Waals surface area contributed by atoms with Crippen molar-refractivity contribution in [2.75, 3.05) is 24.8 Å². The van der Waals surface area contributed by atoms with Crippen LogP contribution in [0.3, 0.4) is 0 Å². The molecule has 0 heterocycles. The number of carboxylic acids is 1. The number of benzene rings is 2. The quantitative estimate of drug-likeness (QED) is 0.652. The van der Waals surface area contributed by atoms with Gasteiger partial charge in [0, 0.05) is 22.8 Å². The summed E-state index contributed by atoms with van der Waals surface area (Å²) >= 11 is 1.60. The number of carbonyl (C=O) groups is 2. The summed E-state index contributed by atoms with van der Waals surface area (Å²) in [7, 11) is 1.62. The van der Waals surface area contributed by atoms with Gasteiger partial charge in [-0.15, -0.1) is 11.8 Å². The number of rotatable bonds is 9. The molecule has 0 spiro atoms. The van der Waals surface area contributed by atoms with Crippen molar-refractivity contribution in [2.24, 2.45) is 0 Å². The van der Waals surface area contributed by atoms with Gasteiger partial charge in [0.15, 0.2) is 6.61 Å². The van der Waals surface area contributed by atoms with E-state index < -0.39 is 12.6 Å². The second-order valence-corrected chi connectivity index (χ2v) is 6.65. The lowest BCUT2D eigenvalue weighted by Crippen LogP contribution is -2.13. The summed E-state index contributed by atoms with van der Waals surface area (Å²) in [5.74, 6) is 0.816. The average Bonchev–Trinajstić information content (AvgIpc) is 2.62. The molecule has 0 aliphatic carbocycles. The van der Waals surface area contributed by atoms with Crippen LogP contribution in [0.5, 0.6) is 11.5 Å². The predicted octanol–water partition coefficient (Wildman–Crippen LogP) is 3.59. The number of thioether (sulfide) groups is 1. The lowest BCUT2D eigenvalue weighted by atomic mass is 10.2. The monoisotopic (exact) mass is 375 g/mol. The minimum absolute atomic E-state index is 0.0756. The number of amides is 1. The molecule has 0 atom stereocenters. The summed E-state index contributed by atoms with van der Waals surface area (Å²) < 4.78 is 10.2. The second kappa shape index (κ2) is 9.72. The maximum atomic E-state index is 12.1. The fourth-order valence-electron chi connectivity index (χ4n) is 2.16. The number of ether oxygens (including phenoxy) is 2. The van der Waals surface area contributed by atoms with E-state index in [1.54, 1.807) is 37.1 Å². The van der Waals surface area contributed by atoms with E-state index >= 15 is 0 Å². The molecule has 2 aromatic rings. The first kappa shape index (κ1) is 19.7. The van der Waals surface area contributed by atoms with Gasteiger partial charge in [0.25, 0.3) is 0 Å². The summed E-state index contributed by atoms with van der Waals surface area (Å²) in [6.07, 6.45) is 0.382. The van der Waals surface area contributed by atoms with Gasteiger partial charge in [-0.05, 0) is 55.0 Å². The molecule has 2 N–H and O–H groups in total. The first-order valence-electron chi connectivity index (χ1n) is 8.00. The highest BCUT2D eigenvalue weighted by molar-refractivity contribution is 7.99. The van der Waals surface area contributed by atoms with Crippen LogP contribution in [-0.2, 0) is 9.59 Å². The number of aryl methyl sites for hydroxylation is 1. The molecule has 0 bridgehead atoms. The Hall–Kier alpha value is -2.67. The van der Waals surface area contributed by atoms with Crippen LogP contribution in [0.1, 0.15) is 12.0 Å². The van der Waals surface area contributed by atoms with Crippen LogP contribution >= 0.6 is 11.8 Å². The fourth-order valence-corrected chi connectivity index (χ4v) is 3.01. The molecule has 0 saturated heterocycles. The van der Waals surface area contributed by atoms with Crippen LogP contribution in [0.15, 0.2) is 47.4 Å². The third-order valence-corrected chi connectivity index (χ3v) is 4.51. The van der Waals surface area contributed by atoms with Crippen LogP contribution in [0, 0.1) is 6.92 Å². The highest BCUT2D eigenvalue weighted by Gasteiger charge is 2.07. The molecular formula is C19H21NO5S. The van der Waals surface area contributed by atoms with Crippen molar-refractivity contribution in [3.63, 3.8) is 0 Å². The van der Waals surface area contributed by atoms with Crippen LogP contribution in [0.2, 0.25) is 0 Å². The molecule has 2 aromatic carbocycles. The van der Waals surface area contributed by atoms with Gasteiger partial charge in [0.2, 0.25) is 5.91 Å². The molecule has 0 aliphatic rings. The molecule has 6 nitrogen and oxygen atoms in total. The van der Waals surface area contributed by atoms with Gasteiger partial charge in [0.1, 0.15) is 11.5 Å². The second-order valence-electron chi connectivity index (χ2n) is 5.48. The molecule has 0 unspecified atom stereocenters. The maximum Gasteiger partial charge on any atom is 0.341 e. The largest absolute Gasteiger partial charge is 0.497 e. The Morgan fingerprint density at radius 1 is 1.12 bits per heavy atom. The summed E-state index contributed by atoms with van der Waals surface area (Å²) in [6.45, 7) is 1.43. The minimum Gasteiger partial charge on any atom is -0.497 e. The number of aliphatic carboxylic acids is 1. The van der Waals surface area contributed by atoms with Crippen molar-refractivity contribution in [3.8, 4) is 11.5 Å². The van der Waals surface area contributed by atoms with E-state index in [4.69, 9.17) is 14.6 Å². The number of carbonyl (C=O) groups excluding carboxylic acids is 1. The van der Waals surface area contributed by atoms with E-state index in [1.807, 2.05) is 31.2 Å². The van der Waals surface area contributed by atoms with Crippen molar-refractivity contribution in [2.45, 2.75) is 18.2 Å². The smallest absolute Gasteiger partial charge is 0.341 e. The molecule has 0 aliphatic heterocycles. The van der Waals surface area contributed by atoms with Crippen LogP contribution in [0.4, 0.5) is 5.69 Å². The van der Waals surface area contributed by atoms with Crippen LogP contribution < -0.4 is 14.8 Å². The van der Waals surface area contributed by atoms with Crippen molar-refractivity contribution in [3.05, 3.63) is 48.0 Å². The molecule has 1 amide bonds. The molecule has 7 heteroatoms. The molecule has 138 valence electrons. The first-order valence-corrected chi connectivity index (χ1v) is 8.98. The van der Waals surface area contributed by atoms with E-state index in [2.05, 4.69) is 5.32 Å². The Balaban J connectivity index is 1.80. The Morgan fingerprint density at radius 3 is 2.42 bits per heavy atom. The zero-order chi connectivity index (χ0) is 18.9. The number of carboxylic acid groups (broad SMARTS) is 1. The number of anilines is 1. The number of hydrogen-bond acceptors (Lipinski definition) is 5. The molecule has 26 heavy (non-hydrogen) atoms. The molecule has 0 saturated carbocycles. The van der Waals surface area contributed by atoms with E-state index in [0.717, 1.165) is 16.2 Å². The van der Waals surface area contributed by atoms with Crippen molar-refractivity contribution >= 4 is 29.3 Å². The number of nitrogens with one attached hydrogen (secondary N) is 1. The Bertz CT molecular complexity index is 761. The summed E-state index contributed by atoms with van der Waals surface area (Å²) in [5.41, 5.74) is 1.50. The maximum absolute atomic E-state index is 12.1. The van der Waals surface area contributed by atoms with E-state index in [0.29, 0.717) is 23.6 Å². The molecule has 0 radical (unpaired) electrons. The van der Waals surface area contributed by atoms with Gasteiger partial charge in [0.05, 0.1) is 7.11 Å². The molecule has 2 rings (SSSR count). The number of hydrogen-bond donors (Lipinski definition) is 2. The van der Waals surface area contributed by atoms with E-state index in [9.17, 15) is 9.59 Å². The third kappa shape index (κ3) is 6.33. The Morgan fingerprint density at radius 2 is 1.81 bits per heavy atom. The van der Waals surface area contributed by atoms with Crippen molar-refractivity contribution in [1.82, 2.24) is 0 Å². The predicted molar refractivity (Wildman–Crippen MR) is 101 cm³/mol. The van der Waals surface area contributed by atoms with Gasteiger partial charge in [-0.25, -0.2) is 4.79 Å². The zero-order valence-corrected chi connectivity index (χ0v) is 15.5. The summed E-state index contributed by atoms with van der Waals surface area (Å²) in [4.78, 5) is 23.7. The third-order valence-electron chi connectivity index (χ3n) is 3.49. The van der Waals surface area contributed by atoms with Gasteiger partial charge in [-0.2, -0.15) is 0 Å². The average molecular weight is 375 g/mol. The topological polar surface area (TPSA) is 84.9 Å². The van der Waals surface area contributed by atoms with Gasteiger partial charge in [-0.1, -0.05) is 0 Å². The lowest BCUT2D eigenvalue weighted by Gasteiger charge is -2.10. The summed E-state index contributed by atoms with van der Waals surface area (Å²) in [5, 5.41) is 11.5. The van der Waals surface area contributed by atoms with E-state index in [1.165, 1.54) is 0 Å². The van der Waals surface area contributed by atoms with Gasteiger partial charge in [-0.3, -0.25) is 4.79 Å². The van der Waals surface area contributed by atoms with Crippen molar-refractivity contribution < 1.29 is 24.2 Å².